The fourth-order valence-electron chi connectivity index (χ4n) is 2.76. The number of piperazine rings is 1. The maximum absolute atomic E-state index is 13.0. The van der Waals surface area contributed by atoms with Crippen LogP contribution in [0.15, 0.2) is 53.7 Å². The molecule has 7 nitrogen and oxygen atoms in total. The predicted molar refractivity (Wildman–Crippen MR) is 88.7 cm³/mol. The second-order valence-corrected chi connectivity index (χ2v) is 7.40. The molecule has 1 atom stereocenters. The van der Waals surface area contributed by atoms with Crippen LogP contribution in [-0.4, -0.2) is 43.2 Å². The number of carbonyl (C=O) groups excluding carboxylic acids is 1. The van der Waals surface area contributed by atoms with Crippen LogP contribution >= 0.6 is 0 Å². The molecule has 1 saturated heterocycles. The summed E-state index contributed by atoms with van der Waals surface area (Å²) >= 11 is 0. The molecule has 2 aromatic rings. The molecule has 1 amide bonds. The van der Waals surface area contributed by atoms with E-state index in [-0.39, 0.29) is 16.5 Å². The van der Waals surface area contributed by atoms with Crippen molar-refractivity contribution in [2.45, 2.75) is 10.9 Å². The van der Waals surface area contributed by atoms with Gasteiger partial charge in [0.05, 0.1) is 10.9 Å². The highest BCUT2D eigenvalue weighted by atomic mass is 32.2. The molecule has 0 spiro atoms. The number of pyridine rings is 1. The molecule has 24 heavy (non-hydrogen) atoms. The van der Waals surface area contributed by atoms with Gasteiger partial charge in [-0.05, 0) is 35.9 Å². The Labute approximate surface area is 140 Å². The Bertz CT molecular complexity index is 822. The average molecular weight is 346 g/mol. The zero-order valence-corrected chi connectivity index (χ0v) is 13.7. The molecule has 1 aromatic heterocycles. The van der Waals surface area contributed by atoms with Crippen molar-refractivity contribution in [3.8, 4) is 0 Å². The highest BCUT2D eigenvalue weighted by molar-refractivity contribution is 7.89. The number of benzene rings is 1. The summed E-state index contributed by atoms with van der Waals surface area (Å²) in [5, 5.41) is 3.22. The average Bonchev–Trinajstić information content (AvgIpc) is 2.62. The van der Waals surface area contributed by atoms with Crippen LogP contribution < -0.4 is 11.1 Å². The first-order valence-electron chi connectivity index (χ1n) is 7.52. The number of hydrogen-bond donors (Lipinski definition) is 2. The molecule has 0 aliphatic carbocycles. The van der Waals surface area contributed by atoms with E-state index in [4.69, 9.17) is 5.73 Å². The van der Waals surface area contributed by atoms with Gasteiger partial charge in [0.1, 0.15) is 0 Å². The molecule has 126 valence electrons. The van der Waals surface area contributed by atoms with E-state index in [2.05, 4.69) is 10.3 Å². The SMILES string of the molecule is NC(=O)c1ccc(S(=O)(=O)N2CCNCC2c2cccnc2)cc1. The number of sulfonamides is 1. The largest absolute Gasteiger partial charge is 0.366 e. The van der Waals surface area contributed by atoms with Crippen LogP contribution in [-0.2, 0) is 10.0 Å². The summed E-state index contributed by atoms with van der Waals surface area (Å²) in [7, 11) is -3.69. The third kappa shape index (κ3) is 3.16. The molecule has 0 radical (unpaired) electrons. The van der Waals surface area contributed by atoms with Gasteiger partial charge in [0.25, 0.3) is 0 Å². The van der Waals surface area contributed by atoms with E-state index in [9.17, 15) is 13.2 Å². The van der Waals surface area contributed by atoms with E-state index in [0.717, 1.165) is 5.56 Å². The van der Waals surface area contributed by atoms with Gasteiger partial charge < -0.3 is 11.1 Å². The number of amides is 1. The summed E-state index contributed by atoms with van der Waals surface area (Å²) in [5.74, 6) is -0.589. The summed E-state index contributed by atoms with van der Waals surface area (Å²) in [4.78, 5) is 15.4. The summed E-state index contributed by atoms with van der Waals surface area (Å²) in [5.41, 5.74) is 6.31. The first-order valence-corrected chi connectivity index (χ1v) is 8.96. The lowest BCUT2D eigenvalue weighted by Crippen LogP contribution is -2.48. The molecule has 1 fully saturated rings. The lowest BCUT2D eigenvalue weighted by atomic mass is 10.1. The number of primary amides is 1. The minimum absolute atomic E-state index is 0.142. The highest BCUT2D eigenvalue weighted by Crippen LogP contribution is 2.28. The summed E-state index contributed by atoms with van der Waals surface area (Å²) < 4.78 is 27.5. The van der Waals surface area contributed by atoms with Crippen molar-refractivity contribution < 1.29 is 13.2 Å². The zero-order chi connectivity index (χ0) is 17.2. The number of aromatic nitrogens is 1. The van der Waals surface area contributed by atoms with E-state index in [1.807, 2.05) is 6.07 Å². The fourth-order valence-corrected chi connectivity index (χ4v) is 4.37. The van der Waals surface area contributed by atoms with Gasteiger partial charge >= 0.3 is 0 Å². The topological polar surface area (TPSA) is 105 Å². The number of nitrogens with zero attached hydrogens (tertiary/aromatic N) is 2. The van der Waals surface area contributed by atoms with Crippen LogP contribution in [0.5, 0.6) is 0 Å². The molecule has 0 saturated carbocycles. The van der Waals surface area contributed by atoms with Crippen molar-refractivity contribution in [1.82, 2.24) is 14.6 Å². The second-order valence-electron chi connectivity index (χ2n) is 5.51. The van der Waals surface area contributed by atoms with Gasteiger partial charge in [-0.15, -0.1) is 0 Å². The van der Waals surface area contributed by atoms with Crippen molar-refractivity contribution in [2.24, 2.45) is 5.73 Å². The zero-order valence-electron chi connectivity index (χ0n) is 12.9. The molecule has 8 heteroatoms. The Balaban J connectivity index is 1.95. The summed E-state index contributed by atoms with van der Waals surface area (Å²) in [6, 6.07) is 9.01. The van der Waals surface area contributed by atoms with Crippen molar-refractivity contribution in [1.29, 1.82) is 0 Å². The van der Waals surface area contributed by atoms with E-state index >= 15 is 0 Å². The monoisotopic (exact) mass is 346 g/mol. The number of nitrogens with one attached hydrogen (secondary N) is 1. The maximum Gasteiger partial charge on any atom is 0.248 e. The normalized spacial score (nSPS) is 19.1. The van der Waals surface area contributed by atoms with Gasteiger partial charge in [0, 0.05) is 37.6 Å². The molecule has 1 aromatic carbocycles. The van der Waals surface area contributed by atoms with E-state index < -0.39 is 15.9 Å². The highest BCUT2D eigenvalue weighted by Gasteiger charge is 2.34. The van der Waals surface area contributed by atoms with Gasteiger partial charge in [0.15, 0.2) is 0 Å². The number of carbonyl (C=O) groups is 1. The summed E-state index contributed by atoms with van der Waals surface area (Å²) in [6.07, 6.45) is 3.33. The van der Waals surface area contributed by atoms with E-state index in [0.29, 0.717) is 19.6 Å². The third-order valence-corrected chi connectivity index (χ3v) is 5.93. The van der Waals surface area contributed by atoms with Crippen molar-refractivity contribution in [3.05, 3.63) is 59.9 Å². The lowest BCUT2D eigenvalue weighted by Gasteiger charge is -2.35. The third-order valence-electron chi connectivity index (χ3n) is 4.01. The molecule has 3 N–H and O–H groups in total. The van der Waals surface area contributed by atoms with Crippen LogP contribution in [0.2, 0.25) is 0 Å². The second kappa shape index (κ2) is 6.68. The molecule has 0 bridgehead atoms. The van der Waals surface area contributed by atoms with Crippen molar-refractivity contribution in [2.75, 3.05) is 19.6 Å². The van der Waals surface area contributed by atoms with Gasteiger partial charge in [-0.25, -0.2) is 8.42 Å². The van der Waals surface area contributed by atoms with Crippen molar-refractivity contribution >= 4 is 15.9 Å². The molecule has 3 rings (SSSR count). The number of rotatable bonds is 4. The Morgan fingerprint density at radius 1 is 1.25 bits per heavy atom. The Hall–Kier alpha value is -2.29. The van der Waals surface area contributed by atoms with Gasteiger partial charge in [0.2, 0.25) is 15.9 Å². The summed E-state index contributed by atoms with van der Waals surface area (Å²) in [6.45, 7) is 1.46. The van der Waals surface area contributed by atoms with Crippen molar-refractivity contribution in [3.63, 3.8) is 0 Å². The number of nitrogens with two attached hydrogens (primary N) is 1. The Kier molecular flexibility index (Phi) is 4.61. The van der Waals surface area contributed by atoms with E-state index in [1.54, 1.807) is 18.5 Å². The smallest absolute Gasteiger partial charge is 0.248 e. The van der Waals surface area contributed by atoms with Gasteiger partial charge in [-0.1, -0.05) is 6.07 Å². The van der Waals surface area contributed by atoms with E-state index in [1.165, 1.54) is 28.6 Å². The first-order chi connectivity index (χ1) is 11.5. The minimum Gasteiger partial charge on any atom is -0.366 e. The fraction of sp³-hybridized carbons (Fsp3) is 0.250. The van der Waals surface area contributed by atoms with Gasteiger partial charge in [-0.3, -0.25) is 9.78 Å². The first kappa shape index (κ1) is 16.6. The molecule has 2 heterocycles. The van der Waals surface area contributed by atoms with Crippen LogP contribution in [0.25, 0.3) is 0 Å². The predicted octanol–water partition coefficient (Wildman–Crippen LogP) is 0.516. The lowest BCUT2D eigenvalue weighted by molar-refractivity contribution is 0.1000. The molecule has 1 aliphatic heterocycles. The minimum atomic E-state index is -3.69. The molecule has 1 unspecified atom stereocenters. The van der Waals surface area contributed by atoms with Crippen LogP contribution in [0.3, 0.4) is 0 Å². The van der Waals surface area contributed by atoms with Crippen LogP contribution in [0.1, 0.15) is 22.0 Å². The molecular weight excluding hydrogens is 328 g/mol. The molecular formula is C16H18N4O3S. The quantitative estimate of drug-likeness (QED) is 0.839. The van der Waals surface area contributed by atoms with Crippen LogP contribution in [0.4, 0.5) is 0 Å². The van der Waals surface area contributed by atoms with Crippen LogP contribution in [0, 0.1) is 0 Å². The number of hydrogen-bond acceptors (Lipinski definition) is 5. The standard InChI is InChI=1S/C16H18N4O3S/c17-16(21)12-3-5-14(6-4-12)24(22,23)20-9-8-19-11-15(20)13-2-1-7-18-10-13/h1-7,10,15,19H,8-9,11H2,(H2,17,21). The maximum atomic E-state index is 13.0. The Morgan fingerprint density at radius 3 is 2.62 bits per heavy atom. The molecule has 1 aliphatic rings. The van der Waals surface area contributed by atoms with Gasteiger partial charge in [-0.2, -0.15) is 4.31 Å². The Morgan fingerprint density at radius 2 is 2.00 bits per heavy atom.